The van der Waals surface area contributed by atoms with Gasteiger partial charge in [-0.05, 0) is 18.8 Å². The third-order valence-electron chi connectivity index (χ3n) is 3.05. The van der Waals surface area contributed by atoms with Crippen LogP contribution in [0, 0.1) is 11.7 Å². The number of anilines is 2. The summed E-state index contributed by atoms with van der Waals surface area (Å²) in [6, 6.07) is 3.29. The second-order valence-corrected chi connectivity index (χ2v) is 4.49. The Balaban J connectivity index is 2.13. The third-order valence-corrected chi connectivity index (χ3v) is 3.05. The molecule has 1 aromatic carbocycles. The summed E-state index contributed by atoms with van der Waals surface area (Å²) in [5, 5.41) is 3.17. The number of benzene rings is 1. The van der Waals surface area contributed by atoms with Crippen molar-refractivity contribution in [2.24, 2.45) is 5.92 Å². The standard InChI is InChI=1S/C12H17FN2O/c1-7-3-8(4-7)15-11-6-12(16-2)10(14)5-9(11)13/h5-8,15H,3-4,14H2,1-2H3. The SMILES string of the molecule is COc1cc(NC2CC(C)C2)c(F)cc1N. The number of ether oxygens (including phenoxy) is 1. The first-order valence-corrected chi connectivity index (χ1v) is 5.49. The number of methoxy groups -OCH3 is 1. The molecule has 1 aliphatic carbocycles. The van der Waals surface area contributed by atoms with Gasteiger partial charge in [0.1, 0.15) is 11.6 Å². The molecule has 1 aliphatic rings. The van der Waals surface area contributed by atoms with Crippen molar-refractivity contribution in [2.45, 2.75) is 25.8 Å². The van der Waals surface area contributed by atoms with Gasteiger partial charge in [-0.15, -0.1) is 0 Å². The molecule has 4 heteroatoms. The molecule has 0 amide bonds. The lowest BCUT2D eigenvalue weighted by Gasteiger charge is -2.34. The Hall–Kier alpha value is -1.45. The van der Waals surface area contributed by atoms with Crippen LogP contribution in [0.2, 0.25) is 0 Å². The van der Waals surface area contributed by atoms with Gasteiger partial charge in [0.2, 0.25) is 0 Å². The fourth-order valence-electron chi connectivity index (χ4n) is 2.10. The molecule has 0 aromatic heterocycles. The highest BCUT2D eigenvalue weighted by Gasteiger charge is 2.26. The predicted molar refractivity (Wildman–Crippen MR) is 63.2 cm³/mol. The Bertz CT molecular complexity index is 389. The van der Waals surface area contributed by atoms with Gasteiger partial charge in [-0.25, -0.2) is 4.39 Å². The smallest absolute Gasteiger partial charge is 0.148 e. The van der Waals surface area contributed by atoms with Crippen molar-refractivity contribution >= 4 is 11.4 Å². The molecular formula is C12H17FN2O. The molecule has 3 nitrogen and oxygen atoms in total. The van der Waals surface area contributed by atoms with Crippen molar-refractivity contribution in [3.05, 3.63) is 17.9 Å². The Labute approximate surface area is 94.8 Å². The van der Waals surface area contributed by atoms with E-state index in [0.29, 0.717) is 23.2 Å². The average molecular weight is 224 g/mol. The normalized spacial score (nSPS) is 23.7. The number of nitrogen functional groups attached to an aromatic ring is 1. The van der Waals surface area contributed by atoms with E-state index < -0.39 is 0 Å². The molecule has 0 bridgehead atoms. The Kier molecular flexibility index (Phi) is 2.90. The van der Waals surface area contributed by atoms with Crippen molar-refractivity contribution in [2.75, 3.05) is 18.2 Å². The van der Waals surface area contributed by atoms with E-state index in [2.05, 4.69) is 12.2 Å². The van der Waals surface area contributed by atoms with E-state index in [0.717, 1.165) is 18.8 Å². The lowest BCUT2D eigenvalue weighted by molar-refractivity contribution is 0.308. The average Bonchev–Trinajstić information content (AvgIpc) is 2.19. The van der Waals surface area contributed by atoms with Gasteiger partial charge in [0.15, 0.2) is 0 Å². The van der Waals surface area contributed by atoms with Crippen LogP contribution in [0.25, 0.3) is 0 Å². The minimum atomic E-state index is -0.321. The molecule has 0 spiro atoms. The van der Waals surface area contributed by atoms with Crippen LogP contribution in [-0.4, -0.2) is 13.2 Å². The molecule has 1 fully saturated rings. The molecular weight excluding hydrogens is 207 g/mol. The van der Waals surface area contributed by atoms with E-state index >= 15 is 0 Å². The Morgan fingerprint density at radius 2 is 2.12 bits per heavy atom. The Morgan fingerprint density at radius 3 is 2.69 bits per heavy atom. The highest BCUT2D eigenvalue weighted by atomic mass is 19.1. The molecule has 1 saturated carbocycles. The van der Waals surface area contributed by atoms with Crippen LogP contribution in [0.3, 0.4) is 0 Å². The topological polar surface area (TPSA) is 47.3 Å². The van der Waals surface area contributed by atoms with Crippen molar-refractivity contribution in [1.82, 2.24) is 0 Å². The summed E-state index contributed by atoms with van der Waals surface area (Å²) >= 11 is 0. The number of nitrogens with one attached hydrogen (secondary N) is 1. The van der Waals surface area contributed by atoms with Gasteiger partial charge in [0, 0.05) is 18.2 Å². The number of hydrogen-bond donors (Lipinski definition) is 2. The quantitative estimate of drug-likeness (QED) is 0.776. The number of halogens is 1. The van der Waals surface area contributed by atoms with Gasteiger partial charge < -0.3 is 15.8 Å². The second kappa shape index (κ2) is 4.20. The summed E-state index contributed by atoms with van der Waals surface area (Å²) in [4.78, 5) is 0. The summed E-state index contributed by atoms with van der Waals surface area (Å²) in [7, 11) is 1.53. The number of rotatable bonds is 3. The summed E-state index contributed by atoms with van der Waals surface area (Å²) in [6.45, 7) is 2.19. The molecule has 16 heavy (non-hydrogen) atoms. The maximum atomic E-state index is 13.6. The summed E-state index contributed by atoms with van der Waals surface area (Å²) in [5.74, 6) is 0.922. The van der Waals surface area contributed by atoms with Gasteiger partial charge in [-0.2, -0.15) is 0 Å². The molecule has 0 saturated heterocycles. The van der Waals surface area contributed by atoms with Gasteiger partial charge >= 0.3 is 0 Å². The molecule has 0 heterocycles. The fraction of sp³-hybridized carbons (Fsp3) is 0.500. The summed E-state index contributed by atoms with van der Waals surface area (Å²) < 4.78 is 18.6. The van der Waals surface area contributed by atoms with E-state index in [9.17, 15) is 4.39 Å². The molecule has 0 unspecified atom stereocenters. The maximum absolute atomic E-state index is 13.6. The van der Waals surface area contributed by atoms with E-state index in [-0.39, 0.29) is 5.82 Å². The summed E-state index contributed by atoms with van der Waals surface area (Å²) in [5.41, 5.74) is 6.41. The van der Waals surface area contributed by atoms with Gasteiger partial charge in [-0.1, -0.05) is 6.92 Å². The van der Waals surface area contributed by atoms with Crippen LogP contribution in [0.1, 0.15) is 19.8 Å². The minimum absolute atomic E-state index is 0.321. The molecule has 0 atom stereocenters. The zero-order valence-electron chi connectivity index (χ0n) is 9.59. The number of hydrogen-bond acceptors (Lipinski definition) is 3. The zero-order chi connectivity index (χ0) is 11.7. The Morgan fingerprint density at radius 1 is 1.44 bits per heavy atom. The van der Waals surface area contributed by atoms with Gasteiger partial charge in [0.05, 0.1) is 18.5 Å². The van der Waals surface area contributed by atoms with Crippen molar-refractivity contribution in [3.8, 4) is 5.75 Å². The lowest BCUT2D eigenvalue weighted by Crippen LogP contribution is -2.34. The molecule has 0 aliphatic heterocycles. The second-order valence-electron chi connectivity index (χ2n) is 4.49. The number of nitrogens with two attached hydrogens (primary N) is 1. The van der Waals surface area contributed by atoms with Crippen molar-refractivity contribution in [3.63, 3.8) is 0 Å². The first-order valence-electron chi connectivity index (χ1n) is 5.49. The van der Waals surface area contributed by atoms with Crippen molar-refractivity contribution in [1.29, 1.82) is 0 Å². The minimum Gasteiger partial charge on any atom is -0.495 e. The molecule has 3 N–H and O–H groups in total. The van der Waals surface area contributed by atoms with Crippen LogP contribution < -0.4 is 15.8 Å². The molecule has 88 valence electrons. The molecule has 1 aromatic rings. The first-order chi connectivity index (χ1) is 7.60. The lowest BCUT2D eigenvalue weighted by atomic mass is 9.82. The van der Waals surface area contributed by atoms with Crippen LogP contribution >= 0.6 is 0 Å². The van der Waals surface area contributed by atoms with E-state index in [1.54, 1.807) is 6.07 Å². The van der Waals surface area contributed by atoms with Gasteiger partial charge in [-0.3, -0.25) is 0 Å². The van der Waals surface area contributed by atoms with Crippen molar-refractivity contribution < 1.29 is 9.13 Å². The summed E-state index contributed by atoms with van der Waals surface area (Å²) in [6.07, 6.45) is 2.18. The zero-order valence-corrected chi connectivity index (χ0v) is 9.59. The third kappa shape index (κ3) is 2.05. The maximum Gasteiger partial charge on any atom is 0.148 e. The van der Waals surface area contributed by atoms with Crippen LogP contribution in [0.15, 0.2) is 12.1 Å². The van der Waals surface area contributed by atoms with Crippen LogP contribution in [0.4, 0.5) is 15.8 Å². The highest BCUT2D eigenvalue weighted by Crippen LogP contribution is 2.33. The van der Waals surface area contributed by atoms with Gasteiger partial charge in [0.25, 0.3) is 0 Å². The molecule has 0 radical (unpaired) electrons. The predicted octanol–water partition coefficient (Wildman–Crippen LogP) is 2.63. The highest BCUT2D eigenvalue weighted by molar-refractivity contribution is 5.62. The first kappa shape index (κ1) is 11.0. The monoisotopic (exact) mass is 224 g/mol. The fourth-order valence-corrected chi connectivity index (χ4v) is 2.10. The van der Waals surface area contributed by atoms with E-state index in [1.165, 1.54) is 13.2 Å². The molecule has 2 rings (SSSR count). The largest absolute Gasteiger partial charge is 0.495 e. The van der Waals surface area contributed by atoms with Crippen LogP contribution in [-0.2, 0) is 0 Å². The van der Waals surface area contributed by atoms with E-state index in [4.69, 9.17) is 10.5 Å². The van der Waals surface area contributed by atoms with E-state index in [1.807, 2.05) is 0 Å². The van der Waals surface area contributed by atoms with Crippen LogP contribution in [0.5, 0.6) is 5.75 Å².